The Bertz CT molecular complexity index is 1710. The number of fused-ring (bicyclic) bond motifs is 2. The fourth-order valence-electron chi connectivity index (χ4n) is 6.99. The standard InChI is InChI=1S/C34H44ClN5O9S/c1-32(2,3)48-30(44)36-25-13-8-6-4-5-7-10-21-17-34(21,29(43)38-50(46,47)24-14-15-24)37-27(41)26-18-33(20-40(26)28(25)42)19-39(31(45)49-33)23-12-9-11-22(35)16-23/h7,9-12,16,21,24-26H,4-6,8,13-15,17-20H2,1-3H3,(H,36,44)(H,37,41)(H,38,43)/b10-7-. The van der Waals surface area contributed by atoms with E-state index >= 15 is 0 Å². The van der Waals surface area contributed by atoms with Gasteiger partial charge < -0.3 is 25.0 Å². The van der Waals surface area contributed by atoms with Crippen LogP contribution in [0, 0.1) is 5.92 Å². The van der Waals surface area contributed by atoms with Gasteiger partial charge in [-0.1, -0.05) is 42.7 Å². The van der Waals surface area contributed by atoms with Gasteiger partial charge in [0, 0.05) is 23.0 Å². The number of carbonyl (C=O) groups is 5. The highest BCUT2D eigenvalue weighted by molar-refractivity contribution is 7.91. The van der Waals surface area contributed by atoms with Crippen molar-refractivity contribution in [2.75, 3.05) is 18.0 Å². The quantitative estimate of drug-likeness (QED) is 0.382. The van der Waals surface area contributed by atoms with E-state index in [9.17, 15) is 32.4 Å². The van der Waals surface area contributed by atoms with E-state index in [1.165, 1.54) is 9.80 Å². The van der Waals surface area contributed by atoms with Crippen molar-refractivity contribution in [2.45, 2.75) is 113 Å². The number of benzene rings is 1. The minimum absolute atomic E-state index is 0.000516. The number of allylic oxidation sites excluding steroid dienone is 1. The number of amides is 5. The Morgan fingerprint density at radius 2 is 1.82 bits per heavy atom. The minimum Gasteiger partial charge on any atom is -0.444 e. The molecule has 5 amide bonds. The van der Waals surface area contributed by atoms with E-state index in [4.69, 9.17) is 21.1 Å². The fourth-order valence-corrected chi connectivity index (χ4v) is 8.54. The van der Waals surface area contributed by atoms with Crippen LogP contribution in [-0.2, 0) is 33.9 Å². The second-order valence-corrected chi connectivity index (χ2v) is 17.4. The van der Waals surface area contributed by atoms with Gasteiger partial charge in [-0.3, -0.25) is 24.0 Å². The third kappa shape index (κ3) is 7.73. The summed E-state index contributed by atoms with van der Waals surface area (Å²) in [6, 6.07) is 4.36. The van der Waals surface area contributed by atoms with Gasteiger partial charge in [-0.05, 0) is 77.5 Å². The van der Waals surface area contributed by atoms with Gasteiger partial charge in [0.15, 0.2) is 5.60 Å². The third-order valence-corrected chi connectivity index (χ3v) is 11.8. The van der Waals surface area contributed by atoms with Crippen molar-refractivity contribution in [3.8, 4) is 0 Å². The van der Waals surface area contributed by atoms with Crippen LogP contribution in [0.5, 0.6) is 0 Å². The van der Waals surface area contributed by atoms with E-state index in [2.05, 4.69) is 15.4 Å². The second kappa shape index (κ2) is 13.4. The highest BCUT2D eigenvalue weighted by Gasteiger charge is 2.63. The van der Waals surface area contributed by atoms with Gasteiger partial charge in [0.2, 0.25) is 21.8 Å². The van der Waals surface area contributed by atoms with Crippen LogP contribution in [0.2, 0.25) is 5.02 Å². The fraction of sp³-hybridized carbons (Fsp3) is 0.618. The number of alkyl carbamates (subject to hydrolysis) is 1. The summed E-state index contributed by atoms with van der Waals surface area (Å²) in [5, 5.41) is 5.27. The van der Waals surface area contributed by atoms with Crippen molar-refractivity contribution in [1.29, 1.82) is 0 Å². The van der Waals surface area contributed by atoms with Crippen molar-refractivity contribution in [3.05, 3.63) is 41.4 Å². The average molecular weight is 734 g/mol. The van der Waals surface area contributed by atoms with Crippen molar-refractivity contribution >= 4 is 57.2 Å². The molecule has 16 heteroatoms. The number of nitrogens with one attached hydrogen (secondary N) is 3. The molecule has 1 aromatic carbocycles. The van der Waals surface area contributed by atoms with E-state index in [0.717, 1.165) is 12.8 Å². The Kier molecular flexibility index (Phi) is 9.61. The van der Waals surface area contributed by atoms with Crippen LogP contribution in [0.25, 0.3) is 0 Å². The lowest BCUT2D eigenvalue weighted by molar-refractivity contribution is -0.141. The van der Waals surface area contributed by atoms with Crippen LogP contribution in [0.15, 0.2) is 36.4 Å². The molecule has 5 unspecified atom stereocenters. The Hall–Kier alpha value is -3.85. The minimum atomic E-state index is -3.91. The van der Waals surface area contributed by atoms with Gasteiger partial charge in [-0.25, -0.2) is 18.0 Å². The van der Waals surface area contributed by atoms with Crippen molar-refractivity contribution < 1.29 is 41.9 Å². The lowest BCUT2D eigenvalue weighted by Crippen LogP contribution is -2.58. The summed E-state index contributed by atoms with van der Waals surface area (Å²) in [7, 11) is -3.91. The Balaban J connectivity index is 1.32. The van der Waals surface area contributed by atoms with Gasteiger partial charge in [0.05, 0.1) is 18.3 Å². The second-order valence-electron chi connectivity index (χ2n) is 15.0. The molecule has 2 aliphatic carbocycles. The van der Waals surface area contributed by atoms with Gasteiger partial charge >= 0.3 is 12.2 Å². The molecule has 4 fully saturated rings. The van der Waals surface area contributed by atoms with Gasteiger partial charge in [0.1, 0.15) is 23.2 Å². The largest absolute Gasteiger partial charge is 0.444 e. The molecule has 3 aliphatic heterocycles. The molecule has 3 heterocycles. The average Bonchev–Trinajstić information content (AvgIpc) is 3.93. The van der Waals surface area contributed by atoms with Crippen molar-refractivity contribution in [2.24, 2.45) is 5.92 Å². The number of anilines is 1. The lowest BCUT2D eigenvalue weighted by Gasteiger charge is -2.30. The van der Waals surface area contributed by atoms with E-state index in [0.29, 0.717) is 36.4 Å². The summed E-state index contributed by atoms with van der Waals surface area (Å²) in [4.78, 5) is 71.3. The Morgan fingerprint density at radius 3 is 2.52 bits per heavy atom. The summed E-state index contributed by atoms with van der Waals surface area (Å²) in [5.41, 5.74) is -3.21. The topological polar surface area (TPSA) is 181 Å². The lowest BCUT2D eigenvalue weighted by atomic mass is 9.99. The predicted octanol–water partition coefficient (Wildman–Crippen LogP) is 3.53. The molecule has 0 aromatic heterocycles. The maximum atomic E-state index is 14.4. The summed E-state index contributed by atoms with van der Waals surface area (Å²) >= 11 is 6.20. The molecule has 0 radical (unpaired) electrons. The molecule has 2 saturated heterocycles. The van der Waals surface area contributed by atoms with Crippen LogP contribution in [0.4, 0.5) is 15.3 Å². The van der Waals surface area contributed by atoms with Crippen LogP contribution >= 0.6 is 11.6 Å². The number of hydrogen-bond donors (Lipinski definition) is 3. The normalized spacial score (nSPS) is 31.0. The number of rotatable bonds is 5. The van der Waals surface area contributed by atoms with Gasteiger partial charge in [0.25, 0.3) is 5.91 Å². The smallest absolute Gasteiger partial charge is 0.415 e. The molecular weight excluding hydrogens is 690 g/mol. The summed E-state index contributed by atoms with van der Waals surface area (Å²) in [5.74, 6) is -2.56. The zero-order chi connectivity index (χ0) is 36.1. The molecule has 0 bridgehead atoms. The Labute approximate surface area is 296 Å². The molecule has 1 aromatic rings. The molecule has 14 nitrogen and oxygen atoms in total. The molecule has 2 saturated carbocycles. The number of hydrogen-bond acceptors (Lipinski definition) is 9. The Morgan fingerprint density at radius 1 is 1.06 bits per heavy atom. The van der Waals surface area contributed by atoms with Crippen molar-refractivity contribution in [1.82, 2.24) is 20.3 Å². The molecule has 5 atom stereocenters. The van der Waals surface area contributed by atoms with Gasteiger partial charge in [-0.15, -0.1) is 0 Å². The first-order valence-corrected chi connectivity index (χ1v) is 19.0. The van der Waals surface area contributed by atoms with E-state index in [-0.39, 0.29) is 32.4 Å². The number of carbonyl (C=O) groups excluding carboxylic acids is 5. The number of halogens is 1. The summed E-state index contributed by atoms with van der Waals surface area (Å²) in [6.07, 6.45) is 6.28. The molecule has 5 aliphatic rings. The molecule has 3 N–H and O–H groups in total. The van der Waals surface area contributed by atoms with Crippen LogP contribution in [-0.4, -0.2) is 90.4 Å². The van der Waals surface area contributed by atoms with E-state index in [1.807, 2.05) is 12.2 Å². The summed E-state index contributed by atoms with van der Waals surface area (Å²) < 4.78 is 39.1. The zero-order valence-corrected chi connectivity index (χ0v) is 30.0. The maximum absolute atomic E-state index is 14.4. The SMILES string of the molecule is CC(C)(C)OC(=O)NC1CCCCC/C=C\C2CC2(C(=O)NS(=O)(=O)C2CC2)NC(=O)C2CC3(CN(c4cccc(Cl)c4)C(=O)O3)CN2C1=O. The zero-order valence-electron chi connectivity index (χ0n) is 28.4. The predicted molar refractivity (Wildman–Crippen MR) is 183 cm³/mol. The van der Waals surface area contributed by atoms with Gasteiger partial charge in [-0.2, -0.15) is 0 Å². The number of nitrogens with zero attached hydrogens (tertiary/aromatic N) is 2. The molecule has 50 heavy (non-hydrogen) atoms. The molecular formula is C34H44ClN5O9S. The first kappa shape index (κ1) is 36.0. The van der Waals surface area contributed by atoms with Crippen LogP contribution in [0.1, 0.15) is 78.6 Å². The number of ether oxygens (including phenoxy) is 2. The first-order valence-electron chi connectivity index (χ1n) is 17.1. The molecule has 272 valence electrons. The molecule has 6 rings (SSSR count). The van der Waals surface area contributed by atoms with E-state index in [1.54, 1.807) is 45.0 Å². The molecule has 1 spiro atoms. The monoisotopic (exact) mass is 733 g/mol. The number of sulfonamides is 1. The van der Waals surface area contributed by atoms with E-state index < -0.39 is 79.9 Å². The highest BCUT2D eigenvalue weighted by atomic mass is 35.5. The van der Waals surface area contributed by atoms with Crippen LogP contribution in [0.3, 0.4) is 0 Å². The highest BCUT2D eigenvalue weighted by Crippen LogP contribution is 2.47. The third-order valence-electron chi connectivity index (χ3n) is 9.76. The van der Waals surface area contributed by atoms with Crippen LogP contribution < -0.4 is 20.3 Å². The first-order chi connectivity index (χ1) is 23.5. The van der Waals surface area contributed by atoms with Crippen molar-refractivity contribution in [3.63, 3.8) is 0 Å². The summed E-state index contributed by atoms with van der Waals surface area (Å²) in [6.45, 7) is 4.95. The maximum Gasteiger partial charge on any atom is 0.415 e.